The van der Waals surface area contributed by atoms with Crippen molar-refractivity contribution in [3.63, 3.8) is 0 Å². The van der Waals surface area contributed by atoms with Gasteiger partial charge in [0.1, 0.15) is 12.7 Å². The molecule has 2 nitrogen and oxygen atoms in total. The average molecular weight is 248 g/mol. The van der Waals surface area contributed by atoms with E-state index in [1.807, 2.05) is 6.07 Å². The Kier molecular flexibility index (Phi) is 3.08. The molecule has 0 N–H and O–H groups in total. The highest BCUT2D eigenvalue weighted by atomic mass is 16.6. The van der Waals surface area contributed by atoms with Crippen molar-refractivity contribution < 1.29 is 9.47 Å². The standard InChI is InChI=1S/C16H24O2/c1-15(2,3)11-7-8-12-13(9-11)18-14(10-17-12)16(4,5)6/h7-9,14H,10H2,1-6H3. The number of benzene rings is 1. The van der Waals surface area contributed by atoms with Crippen LogP contribution in [0.2, 0.25) is 0 Å². The first-order valence-electron chi connectivity index (χ1n) is 6.62. The molecule has 2 heteroatoms. The Hall–Kier alpha value is -1.18. The zero-order chi connectivity index (χ0) is 13.6. The third kappa shape index (κ3) is 2.63. The van der Waals surface area contributed by atoms with Crippen LogP contribution in [0.25, 0.3) is 0 Å². The van der Waals surface area contributed by atoms with Crippen molar-refractivity contribution in [1.29, 1.82) is 0 Å². The zero-order valence-corrected chi connectivity index (χ0v) is 12.3. The van der Waals surface area contributed by atoms with Crippen LogP contribution in [-0.4, -0.2) is 12.7 Å². The van der Waals surface area contributed by atoms with E-state index in [0.717, 1.165) is 11.5 Å². The molecule has 1 unspecified atom stereocenters. The van der Waals surface area contributed by atoms with Gasteiger partial charge in [-0.25, -0.2) is 0 Å². The summed E-state index contributed by atoms with van der Waals surface area (Å²) in [4.78, 5) is 0. The molecule has 18 heavy (non-hydrogen) atoms. The van der Waals surface area contributed by atoms with E-state index in [-0.39, 0.29) is 16.9 Å². The molecule has 1 aliphatic heterocycles. The highest BCUT2D eigenvalue weighted by Crippen LogP contribution is 2.39. The Balaban J connectivity index is 2.31. The molecule has 0 saturated carbocycles. The van der Waals surface area contributed by atoms with Gasteiger partial charge in [0.2, 0.25) is 0 Å². The normalized spacial score (nSPS) is 19.8. The quantitative estimate of drug-likeness (QED) is 0.686. The van der Waals surface area contributed by atoms with Crippen molar-refractivity contribution in [3.8, 4) is 11.5 Å². The molecule has 0 radical (unpaired) electrons. The van der Waals surface area contributed by atoms with Gasteiger partial charge in [0.15, 0.2) is 11.5 Å². The molecule has 1 aromatic carbocycles. The van der Waals surface area contributed by atoms with Crippen LogP contribution in [0.1, 0.15) is 47.1 Å². The van der Waals surface area contributed by atoms with Crippen LogP contribution in [0, 0.1) is 5.41 Å². The minimum absolute atomic E-state index is 0.0927. The molecule has 2 rings (SSSR count). The van der Waals surface area contributed by atoms with Crippen molar-refractivity contribution >= 4 is 0 Å². The molecule has 0 saturated heterocycles. The van der Waals surface area contributed by atoms with Crippen LogP contribution >= 0.6 is 0 Å². The first-order chi connectivity index (χ1) is 8.18. The van der Waals surface area contributed by atoms with Crippen LogP contribution in [0.4, 0.5) is 0 Å². The summed E-state index contributed by atoms with van der Waals surface area (Å²) in [5.74, 6) is 1.75. The number of rotatable bonds is 0. The smallest absolute Gasteiger partial charge is 0.162 e. The molecular formula is C16H24O2. The lowest BCUT2D eigenvalue weighted by Crippen LogP contribution is -2.40. The van der Waals surface area contributed by atoms with Gasteiger partial charge in [-0.3, -0.25) is 0 Å². The third-order valence-corrected chi connectivity index (χ3v) is 3.44. The van der Waals surface area contributed by atoms with E-state index >= 15 is 0 Å². The van der Waals surface area contributed by atoms with Gasteiger partial charge in [0.05, 0.1) is 0 Å². The van der Waals surface area contributed by atoms with Crippen LogP contribution in [0.5, 0.6) is 11.5 Å². The summed E-state index contributed by atoms with van der Waals surface area (Å²) in [6, 6.07) is 6.27. The third-order valence-electron chi connectivity index (χ3n) is 3.44. The van der Waals surface area contributed by atoms with Crippen LogP contribution < -0.4 is 9.47 Å². The Morgan fingerprint density at radius 1 is 1.00 bits per heavy atom. The number of ether oxygens (including phenoxy) is 2. The van der Waals surface area contributed by atoms with Gasteiger partial charge in [0.25, 0.3) is 0 Å². The number of hydrogen-bond acceptors (Lipinski definition) is 2. The lowest BCUT2D eigenvalue weighted by atomic mass is 9.86. The van der Waals surface area contributed by atoms with E-state index in [9.17, 15) is 0 Å². The summed E-state index contributed by atoms with van der Waals surface area (Å²) < 4.78 is 11.9. The van der Waals surface area contributed by atoms with E-state index in [0.29, 0.717) is 6.61 Å². The maximum Gasteiger partial charge on any atom is 0.162 e. The fourth-order valence-electron chi connectivity index (χ4n) is 1.97. The summed E-state index contributed by atoms with van der Waals surface area (Å²) >= 11 is 0. The van der Waals surface area contributed by atoms with E-state index in [1.165, 1.54) is 5.56 Å². The lowest BCUT2D eigenvalue weighted by Gasteiger charge is -2.35. The molecular weight excluding hydrogens is 224 g/mol. The summed E-state index contributed by atoms with van der Waals surface area (Å²) in [5.41, 5.74) is 1.50. The number of fused-ring (bicyclic) bond motifs is 1. The highest BCUT2D eigenvalue weighted by Gasteiger charge is 2.32. The molecule has 0 bridgehead atoms. The zero-order valence-electron chi connectivity index (χ0n) is 12.3. The minimum atomic E-state index is 0.0927. The van der Waals surface area contributed by atoms with Gasteiger partial charge in [-0.1, -0.05) is 47.6 Å². The molecule has 0 fully saturated rings. The molecule has 1 atom stereocenters. The average Bonchev–Trinajstić information content (AvgIpc) is 2.25. The first kappa shape index (κ1) is 13.3. The Morgan fingerprint density at radius 2 is 1.67 bits per heavy atom. The summed E-state index contributed by atoms with van der Waals surface area (Å²) in [5, 5.41) is 0. The molecule has 0 spiro atoms. The molecule has 0 amide bonds. The van der Waals surface area contributed by atoms with E-state index < -0.39 is 0 Å². The molecule has 0 aliphatic carbocycles. The predicted molar refractivity (Wildman–Crippen MR) is 74.5 cm³/mol. The van der Waals surface area contributed by atoms with E-state index in [1.54, 1.807) is 0 Å². The molecule has 1 aromatic rings. The number of hydrogen-bond donors (Lipinski definition) is 0. The van der Waals surface area contributed by atoms with Crippen molar-refractivity contribution in [2.45, 2.75) is 53.1 Å². The van der Waals surface area contributed by atoms with Crippen molar-refractivity contribution in [2.24, 2.45) is 5.41 Å². The summed E-state index contributed by atoms with van der Waals surface area (Å²) in [7, 11) is 0. The Morgan fingerprint density at radius 3 is 2.22 bits per heavy atom. The summed E-state index contributed by atoms with van der Waals surface area (Å²) in [6.45, 7) is 13.8. The second-order valence-electron chi connectivity index (χ2n) is 7.20. The molecule has 100 valence electrons. The van der Waals surface area contributed by atoms with E-state index in [2.05, 4.69) is 53.7 Å². The largest absolute Gasteiger partial charge is 0.486 e. The molecule has 0 aromatic heterocycles. The van der Waals surface area contributed by atoms with Gasteiger partial charge < -0.3 is 9.47 Å². The van der Waals surface area contributed by atoms with Gasteiger partial charge in [-0.05, 0) is 23.1 Å². The van der Waals surface area contributed by atoms with Crippen LogP contribution in [-0.2, 0) is 5.41 Å². The fourth-order valence-corrected chi connectivity index (χ4v) is 1.97. The molecule has 1 aliphatic rings. The van der Waals surface area contributed by atoms with Crippen molar-refractivity contribution in [2.75, 3.05) is 6.61 Å². The van der Waals surface area contributed by atoms with Crippen LogP contribution in [0.3, 0.4) is 0 Å². The highest BCUT2D eigenvalue weighted by molar-refractivity contribution is 5.46. The lowest BCUT2D eigenvalue weighted by molar-refractivity contribution is 0.0162. The van der Waals surface area contributed by atoms with E-state index in [4.69, 9.17) is 9.47 Å². The predicted octanol–water partition coefficient (Wildman–Crippen LogP) is 4.17. The second-order valence-corrected chi connectivity index (χ2v) is 7.20. The SMILES string of the molecule is CC(C)(C)c1ccc2c(c1)OC(C(C)(C)C)CO2. The maximum atomic E-state index is 6.11. The fraction of sp³-hybridized carbons (Fsp3) is 0.625. The Bertz CT molecular complexity index is 435. The summed E-state index contributed by atoms with van der Waals surface area (Å²) in [6.07, 6.45) is 0.111. The monoisotopic (exact) mass is 248 g/mol. The van der Waals surface area contributed by atoms with Crippen molar-refractivity contribution in [3.05, 3.63) is 23.8 Å². The van der Waals surface area contributed by atoms with Gasteiger partial charge in [-0.15, -0.1) is 0 Å². The van der Waals surface area contributed by atoms with Gasteiger partial charge in [0, 0.05) is 5.41 Å². The molecule has 1 heterocycles. The van der Waals surface area contributed by atoms with Gasteiger partial charge >= 0.3 is 0 Å². The van der Waals surface area contributed by atoms with Gasteiger partial charge in [-0.2, -0.15) is 0 Å². The van der Waals surface area contributed by atoms with Crippen LogP contribution in [0.15, 0.2) is 18.2 Å². The first-order valence-corrected chi connectivity index (χ1v) is 6.62. The Labute approximate surface area is 110 Å². The van der Waals surface area contributed by atoms with Crippen molar-refractivity contribution in [1.82, 2.24) is 0 Å². The maximum absolute atomic E-state index is 6.11. The second kappa shape index (κ2) is 4.18. The topological polar surface area (TPSA) is 18.5 Å². The minimum Gasteiger partial charge on any atom is -0.486 e.